The van der Waals surface area contributed by atoms with Crippen molar-refractivity contribution in [1.82, 2.24) is 0 Å². The van der Waals surface area contributed by atoms with E-state index in [0.29, 0.717) is 11.8 Å². The molecule has 2 N–H and O–H groups in total. The minimum absolute atomic E-state index is 0.155. The van der Waals surface area contributed by atoms with Gasteiger partial charge >= 0.3 is 0 Å². The van der Waals surface area contributed by atoms with Gasteiger partial charge in [0.25, 0.3) is 0 Å². The Hall–Kier alpha value is -0.120. The lowest BCUT2D eigenvalue weighted by Gasteiger charge is -2.27. The molecule has 4 unspecified atom stereocenters. The average Bonchev–Trinajstić information content (AvgIpc) is 2.59. The van der Waals surface area contributed by atoms with Gasteiger partial charge < -0.3 is 15.2 Å². The molecule has 0 radical (unpaired) electrons. The maximum absolute atomic E-state index is 6.17. The van der Waals surface area contributed by atoms with E-state index in [2.05, 4.69) is 13.8 Å². The minimum atomic E-state index is 0.155. The number of hydrogen-bond acceptors (Lipinski definition) is 3. The number of nitrogens with two attached hydrogens (primary N) is 1. The smallest absolute Gasteiger partial charge is 0.0754 e. The summed E-state index contributed by atoms with van der Waals surface area (Å²) in [5.74, 6) is 1.08. The second kappa shape index (κ2) is 5.69. The lowest BCUT2D eigenvalue weighted by atomic mass is 9.88. The molecule has 0 saturated carbocycles. The maximum Gasteiger partial charge on any atom is 0.0754 e. The maximum atomic E-state index is 6.17. The molecule has 3 heteroatoms. The fourth-order valence-electron chi connectivity index (χ4n) is 2.03. The van der Waals surface area contributed by atoms with Crippen LogP contribution >= 0.6 is 0 Å². The summed E-state index contributed by atoms with van der Waals surface area (Å²) in [5.41, 5.74) is 6.17. The van der Waals surface area contributed by atoms with Crippen molar-refractivity contribution < 1.29 is 9.47 Å². The first-order valence-electron chi connectivity index (χ1n) is 5.53. The normalized spacial score (nSPS) is 31.7. The molecule has 0 aromatic heterocycles. The molecular weight excluding hydrogens is 178 g/mol. The van der Waals surface area contributed by atoms with Gasteiger partial charge in [-0.15, -0.1) is 0 Å². The third-order valence-electron chi connectivity index (χ3n) is 3.26. The Morgan fingerprint density at radius 1 is 1.57 bits per heavy atom. The van der Waals surface area contributed by atoms with Crippen LogP contribution in [0.5, 0.6) is 0 Å². The number of hydrogen-bond donors (Lipinski definition) is 1. The highest BCUT2D eigenvalue weighted by molar-refractivity contribution is 4.85. The fourth-order valence-corrected chi connectivity index (χ4v) is 2.03. The second-order valence-electron chi connectivity index (χ2n) is 4.44. The van der Waals surface area contributed by atoms with Gasteiger partial charge in [0.1, 0.15) is 0 Å². The average molecular weight is 201 g/mol. The molecular formula is C11H23NO2. The van der Waals surface area contributed by atoms with E-state index in [1.165, 1.54) is 0 Å². The van der Waals surface area contributed by atoms with Gasteiger partial charge in [-0.3, -0.25) is 0 Å². The Morgan fingerprint density at radius 3 is 2.79 bits per heavy atom. The Kier molecular flexibility index (Phi) is 4.85. The van der Waals surface area contributed by atoms with Crippen LogP contribution in [0.1, 0.15) is 26.7 Å². The quantitative estimate of drug-likeness (QED) is 0.731. The Bertz CT molecular complexity index is 163. The molecule has 1 aliphatic heterocycles. The van der Waals surface area contributed by atoms with Crippen LogP contribution in [0, 0.1) is 11.8 Å². The van der Waals surface area contributed by atoms with Crippen molar-refractivity contribution in [3.05, 3.63) is 0 Å². The molecule has 4 atom stereocenters. The van der Waals surface area contributed by atoms with Crippen molar-refractivity contribution in [2.45, 2.75) is 38.8 Å². The van der Waals surface area contributed by atoms with Gasteiger partial charge in [-0.1, -0.05) is 13.8 Å². The molecule has 1 rings (SSSR count). The molecule has 84 valence electrons. The van der Waals surface area contributed by atoms with Crippen LogP contribution < -0.4 is 5.73 Å². The molecule has 0 spiro atoms. The molecule has 0 aliphatic carbocycles. The third-order valence-corrected chi connectivity index (χ3v) is 3.26. The number of methoxy groups -OCH3 is 1. The highest BCUT2D eigenvalue weighted by Crippen LogP contribution is 2.26. The van der Waals surface area contributed by atoms with E-state index in [0.717, 1.165) is 26.1 Å². The van der Waals surface area contributed by atoms with E-state index in [4.69, 9.17) is 15.2 Å². The number of rotatable bonds is 5. The van der Waals surface area contributed by atoms with Crippen LogP contribution in [0.25, 0.3) is 0 Å². The Balaban J connectivity index is 2.34. The van der Waals surface area contributed by atoms with Crippen molar-refractivity contribution in [3.63, 3.8) is 0 Å². The molecule has 1 heterocycles. The lowest BCUT2D eigenvalue weighted by molar-refractivity contribution is 0.0508. The van der Waals surface area contributed by atoms with Gasteiger partial charge in [-0.25, -0.2) is 0 Å². The zero-order chi connectivity index (χ0) is 10.6. The Labute approximate surface area is 86.9 Å². The third kappa shape index (κ3) is 2.94. The highest BCUT2D eigenvalue weighted by Gasteiger charge is 2.32. The molecule has 0 amide bonds. The van der Waals surface area contributed by atoms with Crippen LogP contribution in [0.4, 0.5) is 0 Å². The number of ether oxygens (including phenoxy) is 2. The topological polar surface area (TPSA) is 44.5 Å². The first-order chi connectivity index (χ1) is 6.66. The predicted octanol–water partition coefficient (Wildman–Crippen LogP) is 1.41. The van der Waals surface area contributed by atoms with Crippen LogP contribution in [-0.2, 0) is 9.47 Å². The molecule has 1 saturated heterocycles. The summed E-state index contributed by atoms with van der Waals surface area (Å²) < 4.78 is 10.7. The summed E-state index contributed by atoms with van der Waals surface area (Å²) in [6.07, 6.45) is 2.42. The summed E-state index contributed by atoms with van der Waals surface area (Å²) in [6.45, 7) is 6.06. The van der Waals surface area contributed by atoms with E-state index in [-0.39, 0.29) is 12.1 Å². The van der Waals surface area contributed by atoms with Crippen LogP contribution in [0.15, 0.2) is 0 Å². The van der Waals surface area contributed by atoms with E-state index < -0.39 is 0 Å². The van der Waals surface area contributed by atoms with Crippen molar-refractivity contribution in [3.8, 4) is 0 Å². The monoisotopic (exact) mass is 201 g/mol. The molecule has 0 aromatic carbocycles. The first-order valence-corrected chi connectivity index (χ1v) is 5.53. The zero-order valence-electron chi connectivity index (χ0n) is 9.53. The first kappa shape index (κ1) is 12.0. The van der Waals surface area contributed by atoms with Crippen LogP contribution in [0.3, 0.4) is 0 Å². The molecule has 3 nitrogen and oxygen atoms in total. The van der Waals surface area contributed by atoms with Crippen molar-refractivity contribution >= 4 is 0 Å². The molecule has 0 aromatic rings. The van der Waals surface area contributed by atoms with Crippen molar-refractivity contribution in [1.29, 1.82) is 0 Å². The fraction of sp³-hybridized carbons (Fsp3) is 1.00. The SMILES string of the molecule is COCCC(C)C(N)C1OCCC1C. The summed E-state index contributed by atoms with van der Waals surface area (Å²) in [6, 6.07) is 0.155. The summed E-state index contributed by atoms with van der Waals surface area (Å²) in [4.78, 5) is 0. The highest BCUT2D eigenvalue weighted by atomic mass is 16.5. The molecule has 1 fully saturated rings. The molecule has 14 heavy (non-hydrogen) atoms. The minimum Gasteiger partial charge on any atom is -0.385 e. The van der Waals surface area contributed by atoms with Crippen LogP contribution in [0.2, 0.25) is 0 Å². The van der Waals surface area contributed by atoms with Gasteiger partial charge in [-0.2, -0.15) is 0 Å². The van der Waals surface area contributed by atoms with Gasteiger partial charge in [0.2, 0.25) is 0 Å². The van der Waals surface area contributed by atoms with Gasteiger partial charge in [0, 0.05) is 26.4 Å². The Morgan fingerprint density at radius 2 is 2.29 bits per heavy atom. The predicted molar refractivity (Wildman–Crippen MR) is 57.2 cm³/mol. The largest absolute Gasteiger partial charge is 0.385 e. The van der Waals surface area contributed by atoms with E-state index >= 15 is 0 Å². The standard InChI is InChI=1S/C11H23NO2/c1-8(4-6-13-3)10(12)11-9(2)5-7-14-11/h8-11H,4-7,12H2,1-3H3. The molecule has 0 bridgehead atoms. The van der Waals surface area contributed by atoms with Crippen LogP contribution in [-0.4, -0.2) is 32.5 Å². The zero-order valence-corrected chi connectivity index (χ0v) is 9.53. The molecule has 1 aliphatic rings. The summed E-state index contributed by atoms with van der Waals surface area (Å²) in [5, 5.41) is 0. The summed E-state index contributed by atoms with van der Waals surface area (Å²) >= 11 is 0. The van der Waals surface area contributed by atoms with Gasteiger partial charge in [-0.05, 0) is 24.7 Å². The summed E-state index contributed by atoms with van der Waals surface area (Å²) in [7, 11) is 1.73. The second-order valence-corrected chi connectivity index (χ2v) is 4.44. The van der Waals surface area contributed by atoms with Crippen molar-refractivity contribution in [2.24, 2.45) is 17.6 Å². The van der Waals surface area contributed by atoms with Gasteiger partial charge in [0.15, 0.2) is 0 Å². The van der Waals surface area contributed by atoms with E-state index in [9.17, 15) is 0 Å². The lowest BCUT2D eigenvalue weighted by Crippen LogP contribution is -2.43. The van der Waals surface area contributed by atoms with E-state index in [1.807, 2.05) is 0 Å². The van der Waals surface area contributed by atoms with E-state index in [1.54, 1.807) is 7.11 Å². The van der Waals surface area contributed by atoms with Gasteiger partial charge in [0.05, 0.1) is 6.10 Å². The van der Waals surface area contributed by atoms with Crippen molar-refractivity contribution in [2.75, 3.05) is 20.3 Å².